The van der Waals surface area contributed by atoms with Crippen LogP contribution in [0.15, 0.2) is 53.6 Å². The Morgan fingerprint density at radius 3 is 2.33 bits per heavy atom. The van der Waals surface area contributed by atoms with Gasteiger partial charge in [-0.25, -0.2) is 0 Å². The van der Waals surface area contributed by atoms with Crippen molar-refractivity contribution in [3.05, 3.63) is 53.6 Å². The van der Waals surface area contributed by atoms with Crippen molar-refractivity contribution in [3.8, 4) is 0 Å². The first-order valence-electron chi connectivity index (χ1n) is 8.08. The van der Waals surface area contributed by atoms with Crippen molar-refractivity contribution >= 4 is 14.7 Å². The second kappa shape index (κ2) is 6.76. The fraction of sp³-hybridized carbons (Fsp3) is 0.474. The summed E-state index contributed by atoms with van der Waals surface area (Å²) in [6, 6.07) is 11.0. The van der Waals surface area contributed by atoms with Crippen molar-refractivity contribution in [3.63, 3.8) is 0 Å². The molecule has 0 heterocycles. The number of nitrogens with one attached hydrogen (secondary N) is 1. The molecule has 1 atom stereocenters. The lowest BCUT2D eigenvalue weighted by Gasteiger charge is -2.31. The van der Waals surface area contributed by atoms with Crippen LogP contribution in [0.1, 0.15) is 41.0 Å². The molecule has 2 heteroatoms. The summed E-state index contributed by atoms with van der Waals surface area (Å²) in [5.74, 6) is 0.618. The van der Waals surface area contributed by atoms with Gasteiger partial charge in [0.05, 0.1) is 9.52 Å². The highest BCUT2D eigenvalue weighted by molar-refractivity contribution is 6.56. The Balaban J connectivity index is 2.27. The van der Waals surface area contributed by atoms with E-state index in [9.17, 15) is 0 Å². The topological polar surface area (TPSA) is 12.0 Å². The SMILES string of the molecule is CC(C)C1=C(C(NC(C)(C)C)[SiH2]c2ccccc2)CC=C1. The van der Waals surface area contributed by atoms with Crippen LogP contribution < -0.4 is 10.5 Å². The molecule has 1 aliphatic rings. The van der Waals surface area contributed by atoms with Gasteiger partial charge in [-0.15, -0.1) is 0 Å². The van der Waals surface area contributed by atoms with Crippen molar-refractivity contribution in [2.45, 2.75) is 52.2 Å². The Morgan fingerprint density at radius 2 is 1.76 bits per heavy atom. The number of hydrogen-bond acceptors (Lipinski definition) is 1. The number of hydrogen-bond donors (Lipinski definition) is 1. The van der Waals surface area contributed by atoms with Gasteiger partial charge in [0, 0.05) is 11.2 Å². The van der Waals surface area contributed by atoms with E-state index in [4.69, 9.17) is 0 Å². The zero-order chi connectivity index (χ0) is 15.5. The van der Waals surface area contributed by atoms with Gasteiger partial charge in [-0.05, 0) is 44.3 Å². The van der Waals surface area contributed by atoms with Crippen LogP contribution in [0.2, 0.25) is 0 Å². The molecule has 0 aromatic heterocycles. The van der Waals surface area contributed by atoms with Crippen LogP contribution in [0.25, 0.3) is 0 Å². The standard InChI is InChI=1S/C19H29NSi/c1-14(2)16-12-9-13-17(16)18(20-19(3,4)5)21-15-10-7-6-8-11-15/h6-12,14,18,20H,13,21H2,1-5H3. The second-order valence-electron chi connectivity index (χ2n) is 7.38. The highest BCUT2D eigenvalue weighted by Gasteiger charge is 2.25. The predicted octanol–water partition coefficient (Wildman–Crippen LogP) is 3.11. The molecule has 0 bridgehead atoms. The van der Waals surface area contributed by atoms with Gasteiger partial charge in [-0.1, -0.05) is 61.5 Å². The first-order valence-corrected chi connectivity index (χ1v) is 9.60. The van der Waals surface area contributed by atoms with E-state index in [1.165, 1.54) is 0 Å². The van der Waals surface area contributed by atoms with Crippen LogP contribution in [-0.2, 0) is 0 Å². The van der Waals surface area contributed by atoms with E-state index < -0.39 is 0 Å². The van der Waals surface area contributed by atoms with Crippen molar-refractivity contribution in [1.29, 1.82) is 0 Å². The second-order valence-corrected chi connectivity index (χ2v) is 9.42. The van der Waals surface area contributed by atoms with Crippen molar-refractivity contribution in [2.24, 2.45) is 5.92 Å². The molecular weight excluding hydrogens is 270 g/mol. The maximum Gasteiger partial charge on any atom is 0.0791 e. The van der Waals surface area contributed by atoms with Gasteiger partial charge < -0.3 is 5.32 Å². The van der Waals surface area contributed by atoms with Crippen LogP contribution in [0.5, 0.6) is 0 Å². The van der Waals surface area contributed by atoms with Gasteiger partial charge in [0.25, 0.3) is 0 Å². The summed E-state index contributed by atoms with van der Waals surface area (Å²) in [5.41, 5.74) is 3.90. The Kier molecular flexibility index (Phi) is 5.23. The normalized spacial score (nSPS) is 17.4. The smallest absolute Gasteiger partial charge is 0.0791 e. The molecule has 1 nitrogen and oxygen atoms in total. The van der Waals surface area contributed by atoms with E-state index >= 15 is 0 Å². The molecule has 0 aliphatic heterocycles. The summed E-state index contributed by atoms with van der Waals surface area (Å²) in [5, 5.41) is 5.44. The molecule has 1 aromatic carbocycles. The maximum atomic E-state index is 3.90. The molecule has 0 amide bonds. The maximum absolute atomic E-state index is 3.90. The van der Waals surface area contributed by atoms with Gasteiger partial charge in [0.1, 0.15) is 0 Å². The first-order chi connectivity index (χ1) is 9.87. The van der Waals surface area contributed by atoms with E-state index in [0.717, 1.165) is 6.42 Å². The highest BCUT2D eigenvalue weighted by Crippen LogP contribution is 2.28. The molecule has 1 aliphatic carbocycles. The van der Waals surface area contributed by atoms with Crippen molar-refractivity contribution in [2.75, 3.05) is 0 Å². The van der Waals surface area contributed by atoms with Gasteiger partial charge in [-0.2, -0.15) is 0 Å². The average Bonchev–Trinajstić information content (AvgIpc) is 2.87. The summed E-state index contributed by atoms with van der Waals surface area (Å²) < 4.78 is 0. The summed E-state index contributed by atoms with van der Waals surface area (Å²) in [6.07, 6.45) is 5.80. The zero-order valence-corrected chi connectivity index (χ0v) is 15.5. The Bertz CT molecular complexity index is 520. The van der Waals surface area contributed by atoms with Gasteiger partial charge >= 0.3 is 0 Å². The lowest BCUT2D eigenvalue weighted by molar-refractivity contribution is 0.423. The molecule has 21 heavy (non-hydrogen) atoms. The summed E-state index contributed by atoms with van der Waals surface area (Å²) in [4.78, 5) is 0. The third-order valence-corrected chi connectivity index (χ3v) is 5.99. The lowest BCUT2D eigenvalue weighted by Crippen LogP contribution is -2.50. The monoisotopic (exact) mass is 299 g/mol. The van der Waals surface area contributed by atoms with Crippen LogP contribution in [0.4, 0.5) is 0 Å². The molecule has 0 spiro atoms. The number of benzene rings is 1. The van der Waals surface area contributed by atoms with Crippen molar-refractivity contribution in [1.82, 2.24) is 5.32 Å². The quantitative estimate of drug-likeness (QED) is 0.824. The van der Waals surface area contributed by atoms with Crippen LogP contribution in [0, 0.1) is 5.92 Å². The van der Waals surface area contributed by atoms with E-state index in [2.05, 4.69) is 82.4 Å². The minimum atomic E-state index is -0.379. The van der Waals surface area contributed by atoms with Gasteiger partial charge in [-0.3, -0.25) is 0 Å². The number of rotatable bonds is 5. The Morgan fingerprint density at radius 1 is 1.10 bits per heavy atom. The summed E-state index contributed by atoms with van der Waals surface area (Å²) in [7, 11) is -0.379. The van der Waals surface area contributed by atoms with Gasteiger partial charge in [0.2, 0.25) is 0 Å². The fourth-order valence-corrected chi connectivity index (χ4v) is 5.46. The van der Waals surface area contributed by atoms with Crippen molar-refractivity contribution < 1.29 is 0 Å². The molecule has 1 unspecified atom stereocenters. The van der Waals surface area contributed by atoms with E-state index in [-0.39, 0.29) is 15.1 Å². The third kappa shape index (κ3) is 4.68. The molecule has 0 fully saturated rings. The van der Waals surface area contributed by atoms with Crippen LogP contribution in [-0.4, -0.2) is 20.7 Å². The molecule has 114 valence electrons. The third-order valence-electron chi connectivity index (χ3n) is 3.94. The molecule has 0 saturated carbocycles. The molecule has 0 radical (unpaired) electrons. The highest BCUT2D eigenvalue weighted by atomic mass is 28.2. The van der Waals surface area contributed by atoms with Gasteiger partial charge in [0.15, 0.2) is 0 Å². The zero-order valence-electron chi connectivity index (χ0n) is 14.1. The molecule has 1 N–H and O–H groups in total. The Hall–Kier alpha value is -1.12. The summed E-state index contributed by atoms with van der Waals surface area (Å²) >= 11 is 0. The predicted molar refractivity (Wildman–Crippen MR) is 96.9 cm³/mol. The molecule has 1 aromatic rings. The van der Waals surface area contributed by atoms with Crippen LogP contribution in [0.3, 0.4) is 0 Å². The average molecular weight is 300 g/mol. The minimum Gasteiger partial charge on any atom is -0.308 e. The summed E-state index contributed by atoms with van der Waals surface area (Å²) in [6.45, 7) is 11.4. The Labute approximate surface area is 132 Å². The fourth-order valence-electron chi connectivity index (χ4n) is 3.08. The van der Waals surface area contributed by atoms with E-state index in [1.807, 2.05) is 0 Å². The minimum absolute atomic E-state index is 0.157. The molecular formula is C19H29NSi. The number of allylic oxidation sites excluding steroid dienone is 3. The van der Waals surface area contributed by atoms with E-state index in [0.29, 0.717) is 11.6 Å². The molecule has 0 saturated heterocycles. The lowest BCUT2D eigenvalue weighted by atomic mass is 9.98. The largest absolute Gasteiger partial charge is 0.308 e. The first kappa shape index (κ1) is 16.3. The molecule has 2 rings (SSSR count). The van der Waals surface area contributed by atoms with Crippen LogP contribution >= 0.6 is 0 Å². The van der Waals surface area contributed by atoms with E-state index in [1.54, 1.807) is 16.3 Å².